The van der Waals surface area contributed by atoms with Crippen LogP contribution in [0.2, 0.25) is 0 Å². The van der Waals surface area contributed by atoms with Crippen LogP contribution >= 0.6 is 0 Å². The fraction of sp³-hybridized carbons (Fsp3) is 0.645. The Hall–Kier alpha value is -1.63. The quantitative estimate of drug-likeness (QED) is 0.396. The van der Waals surface area contributed by atoms with Crippen LogP contribution in [0.5, 0.6) is 0 Å². The largest absolute Gasteiger partial charge is 0.261 e. The summed E-state index contributed by atoms with van der Waals surface area (Å²) in [6.07, 6.45) is 1.92. The Morgan fingerprint density at radius 2 is 0.812 bits per heavy atom. The smallest absolute Gasteiger partial charge is 0.0459 e. The van der Waals surface area contributed by atoms with Gasteiger partial charge in [-0.2, -0.15) is 0 Å². The monoisotopic (exact) mass is 441 g/mol. The van der Waals surface area contributed by atoms with Gasteiger partial charge in [0, 0.05) is 17.3 Å². The molecule has 0 atom stereocenters. The fourth-order valence-electron chi connectivity index (χ4n) is 2.76. The fourth-order valence-corrected chi connectivity index (χ4v) is 2.76. The molecule has 1 heteroatoms. The van der Waals surface area contributed by atoms with E-state index in [2.05, 4.69) is 124 Å². The van der Waals surface area contributed by atoms with Crippen molar-refractivity contribution in [2.45, 2.75) is 132 Å². The van der Waals surface area contributed by atoms with Crippen molar-refractivity contribution in [3.63, 3.8) is 0 Å². The maximum absolute atomic E-state index is 4.42. The molecular formula is C31H55N. The van der Waals surface area contributed by atoms with Gasteiger partial charge in [-0.25, -0.2) is 0 Å². The zero-order valence-electron chi connectivity index (χ0n) is 24.5. The van der Waals surface area contributed by atoms with Gasteiger partial charge in [0.25, 0.3) is 0 Å². The minimum atomic E-state index is 0.140. The molecule has 1 heterocycles. The van der Waals surface area contributed by atoms with Gasteiger partial charge < -0.3 is 0 Å². The van der Waals surface area contributed by atoms with Gasteiger partial charge in [-0.3, -0.25) is 4.98 Å². The van der Waals surface area contributed by atoms with Crippen molar-refractivity contribution in [1.82, 2.24) is 4.98 Å². The van der Waals surface area contributed by atoms with E-state index in [0.29, 0.717) is 0 Å². The molecule has 0 spiro atoms. The summed E-state index contributed by atoms with van der Waals surface area (Å²) in [6.45, 7) is 34.8. The van der Waals surface area contributed by atoms with E-state index in [-0.39, 0.29) is 21.7 Å². The lowest BCUT2D eigenvalue weighted by Gasteiger charge is -2.24. The first-order valence-corrected chi connectivity index (χ1v) is 12.5. The summed E-state index contributed by atoms with van der Waals surface area (Å²) < 4.78 is 0. The molecule has 1 aromatic heterocycles. The Balaban J connectivity index is 0. The molecule has 184 valence electrons. The highest BCUT2D eigenvalue weighted by atomic mass is 14.7. The maximum atomic E-state index is 4.42. The number of rotatable bonds is 0. The summed E-state index contributed by atoms with van der Waals surface area (Å²) in [6, 6.07) is 13.3. The molecule has 2 rings (SSSR count). The number of hydrogen-bond acceptors (Lipinski definition) is 1. The topological polar surface area (TPSA) is 12.9 Å². The van der Waals surface area contributed by atoms with Gasteiger partial charge in [-0.1, -0.05) is 135 Å². The lowest BCUT2D eigenvalue weighted by Crippen LogP contribution is -2.17. The first-order chi connectivity index (χ1) is 14.4. The SMILES string of the molecule is CC.CC.CC(C)(C)c1cccc(C(C)(C)C)c1.CC(C)(C)c1ccnc(C(C)(C)C)c1. The molecule has 0 aliphatic carbocycles. The van der Waals surface area contributed by atoms with Crippen molar-refractivity contribution in [3.8, 4) is 0 Å². The second-order valence-corrected chi connectivity index (χ2v) is 12.0. The minimum absolute atomic E-state index is 0.140. The van der Waals surface area contributed by atoms with Crippen LogP contribution in [0, 0.1) is 0 Å². The third kappa shape index (κ3) is 11.8. The van der Waals surface area contributed by atoms with Gasteiger partial charge in [0.1, 0.15) is 0 Å². The molecular weight excluding hydrogens is 386 g/mol. The van der Waals surface area contributed by atoms with Crippen LogP contribution in [0.1, 0.15) is 133 Å². The average Bonchev–Trinajstić information content (AvgIpc) is 2.69. The molecule has 1 aromatic carbocycles. The number of nitrogens with zero attached hydrogens (tertiary/aromatic N) is 1. The van der Waals surface area contributed by atoms with Crippen molar-refractivity contribution in [2.75, 3.05) is 0 Å². The van der Waals surface area contributed by atoms with Crippen LogP contribution in [-0.2, 0) is 21.7 Å². The van der Waals surface area contributed by atoms with Crippen molar-refractivity contribution in [3.05, 3.63) is 65.0 Å². The first kappa shape index (κ1) is 32.5. The molecule has 0 saturated heterocycles. The minimum Gasteiger partial charge on any atom is -0.261 e. The van der Waals surface area contributed by atoms with E-state index in [1.807, 2.05) is 33.9 Å². The Morgan fingerprint density at radius 3 is 1.12 bits per heavy atom. The van der Waals surface area contributed by atoms with Gasteiger partial charge in [-0.05, 0) is 45.1 Å². The molecule has 0 radical (unpaired) electrons. The number of hydrogen-bond donors (Lipinski definition) is 0. The van der Waals surface area contributed by atoms with E-state index < -0.39 is 0 Å². The highest BCUT2D eigenvalue weighted by molar-refractivity contribution is 5.32. The van der Waals surface area contributed by atoms with Crippen LogP contribution in [-0.4, -0.2) is 4.98 Å². The van der Waals surface area contributed by atoms with Crippen LogP contribution in [0.3, 0.4) is 0 Å². The van der Waals surface area contributed by atoms with E-state index in [1.54, 1.807) is 0 Å². The summed E-state index contributed by atoms with van der Waals surface area (Å²) in [5.41, 5.74) is 6.23. The highest BCUT2D eigenvalue weighted by Gasteiger charge is 2.20. The van der Waals surface area contributed by atoms with Crippen molar-refractivity contribution < 1.29 is 0 Å². The summed E-state index contributed by atoms with van der Waals surface area (Å²) in [5.74, 6) is 0. The Morgan fingerprint density at radius 1 is 0.469 bits per heavy atom. The Labute approximate surface area is 202 Å². The van der Waals surface area contributed by atoms with Gasteiger partial charge in [0.2, 0.25) is 0 Å². The van der Waals surface area contributed by atoms with E-state index in [4.69, 9.17) is 0 Å². The second kappa shape index (κ2) is 13.2. The predicted molar refractivity (Wildman–Crippen MR) is 148 cm³/mol. The second-order valence-electron chi connectivity index (χ2n) is 12.0. The van der Waals surface area contributed by atoms with Crippen LogP contribution in [0.25, 0.3) is 0 Å². The molecule has 0 unspecified atom stereocenters. The van der Waals surface area contributed by atoms with E-state index in [9.17, 15) is 0 Å². The van der Waals surface area contributed by atoms with Gasteiger partial charge in [-0.15, -0.1) is 0 Å². The van der Waals surface area contributed by atoms with Crippen molar-refractivity contribution >= 4 is 0 Å². The van der Waals surface area contributed by atoms with Crippen LogP contribution in [0.15, 0.2) is 42.6 Å². The van der Waals surface area contributed by atoms with Crippen molar-refractivity contribution in [2.24, 2.45) is 0 Å². The normalized spacial score (nSPS) is 11.8. The highest BCUT2D eigenvalue weighted by Crippen LogP contribution is 2.28. The lowest BCUT2D eigenvalue weighted by molar-refractivity contribution is 0.552. The molecule has 0 aliphatic heterocycles. The molecule has 0 fully saturated rings. The molecule has 1 nitrogen and oxygen atoms in total. The molecule has 0 saturated carbocycles. The number of pyridine rings is 1. The summed E-state index contributed by atoms with van der Waals surface area (Å²) in [4.78, 5) is 4.42. The summed E-state index contributed by atoms with van der Waals surface area (Å²) in [5, 5.41) is 0. The molecule has 0 N–H and O–H groups in total. The first-order valence-electron chi connectivity index (χ1n) is 12.5. The Bertz CT molecular complexity index is 631. The van der Waals surface area contributed by atoms with Gasteiger partial charge >= 0.3 is 0 Å². The van der Waals surface area contributed by atoms with Gasteiger partial charge in [0.05, 0.1) is 0 Å². The Kier molecular flexibility index (Phi) is 13.4. The number of benzene rings is 1. The molecule has 0 aliphatic rings. The molecule has 0 bridgehead atoms. The van der Waals surface area contributed by atoms with Crippen LogP contribution < -0.4 is 0 Å². The van der Waals surface area contributed by atoms with Crippen LogP contribution in [0.4, 0.5) is 0 Å². The maximum Gasteiger partial charge on any atom is 0.0459 e. The number of aromatic nitrogens is 1. The van der Waals surface area contributed by atoms with Crippen molar-refractivity contribution in [1.29, 1.82) is 0 Å². The predicted octanol–water partition coefficient (Wildman–Crippen LogP) is 10.0. The summed E-state index contributed by atoms with van der Waals surface area (Å²) >= 11 is 0. The molecule has 0 amide bonds. The summed E-state index contributed by atoms with van der Waals surface area (Å²) in [7, 11) is 0. The third-order valence-corrected chi connectivity index (χ3v) is 4.99. The van der Waals surface area contributed by atoms with E-state index in [1.165, 1.54) is 22.4 Å². The van der Waals surface area contributed by atoms with Gasteiger partial charge in [0.15, 0.2) is 0 Å². The molecule has 32 heavy (non-hydrogen) atoms. The zero-order chi connectivity index (χ0) is 26.0. The average molecular weight is 442 g/mol. The molecule has 2 aromatic rings. The van der Waals surface area contributed by atoms with E-state index >= 15 is 0 Å². The standard InChI is InChI=1S/C14H22.C13H21N.2C2H6/c1-13(2,3)11-8-7-9-12(10-11)14(4,5)6;1-12(2,3)10-7-8-14-11(9-10)13(4,5)6;2*1-2/h7-10H,1-6H3;7-9H,1-6H3;2*1-2H3. The lowest BCUT2D eigenvalue weighted by atomic mass is 9.81. The zero-order valence-corrected chi connectivity index (χ0v) is 24.5. The third-order valence-electron chi connectivity index (χ3n) is 4.99. The van der Waals surface area contributed by atoms with E-state index in [0.717, 1.165) is 0 Å².